The van der Waals surface area contributed by atoms with Crippen molar-refractivity contribution in [1.29, 1.82) is 0 Å². The van der Waals surface area contributed by atoms with Crippen LogP contribution in [0, 0.1) is 0 Å². The number of hydrogen-bond donors (Lipinski definition) is 1. The first-order chi connectivity index (χ1) is 10.6. The van der Waals surface area contributed by atoms with Crippen LogP contribution in [0.3, 0.4) is 0 Å². The highest BCUT2D eigenvalue weighted by Gasteiger charge is 2.24. The third kappa shape index (κ3) is 3.76. The smallest absolute Gasteiger partial charge is 0.150 e. The molecule has 0 aliphatic carbocycles. The summed E-state index contributed by atoms with van der Waals surface area (Å²) in [5.41, 5.74) is 0. The zero-order valence-corrected chi connectivity index (χ0v) is 13.9. The first kappa shape index (κ1) is 15.7. The van der Waals surface area contributed by atoms with Crippen LogP contribution in [0.1, 0.15) is 13.8 Å². The number of aromatic nitrogens is 2. The average Bonchev–Trinajstić information content (AvgIpc) is 3.07. The predicted molar refractivity (Wildman–Crippen MR) is 88.0 cm³/mol. The van der Waals surface area contributed by atoms with E-state index in [1.54, 1.807) is 17.5 Å². The molecule has 0 aromatic carbocycles. The van der Waals surface area contributed by atoms with Gasteiger partial charge in [0.15, 0.2) is 0 Å². The van der Waals surface area contributed by atoms with Gasteiger partial charge in [-0.1, -0.05) is 6.07 Å². The summed E-state index contributed by atoms with van der Waals surface area (Å²) in [7, 11) is 0. The molecule has 3 rings (SSSR count). The lowest BCUT2D eigenvalue weighted by Gasteiger charge is -2.36. The van der Waals surface area contributed by atoms with Gasteiger partial charge in [0.1, 0.15) is 5.82 Å². The molecule has 2 aromatic heterocycles. The number of morpholine rings is 1. The Bertz CT molecular complexity index is 574. The second-order valence-corrected chi connectivity index (χ2v) is 6.96. The monoisotopic (exact) mass is 321 g/mol. The summed E-state index contributed by atoms with van der Waals surface area (Å²) in [5.74, 6) is 0.928. The van der Waals surface area contributed by atoms with Crippen LogP contribution in [0.15, 0.2) is 29.9 Å². The van der Waals surface area contributed by atoms with Gasteiger partial charge >= 0.3 is 0 Å². The van der Waals surface area contributed by atoms with Crippen LogP contribution in [0.2, 0.25) is 0 Å². The third-order valence-corrected chi connectivity index (χ3v) is 4.69. The number of rotatable bonds is 5. The SMILES string of the molecule is CC1CN(CC(O)Cn2ccnc2-c2cccs2)CC(C)O1. The molecule has 3 heterocycles. The van der Waals surface area contributed by atoms with Gasteiger partial charge < -0.3 is 14.4 Å². The molecule has 1 fully saturated rings. The molecule has 6 heteroatoms. The van der Waals surface area contributed by atoms with Crippen molar-refractivity contribution < 1.29 is 9.84 Å². The van der Waals surface area contributed by atoms with Gasteiger partial charge in [-0.15, -0.1) is 11.3 Å². The van der Waals surface area contributed by atoms with E-state index in [1.165, 1.54) is 0 Å². The Morgan fingerprint density at radius 2 is 2.14 bits per heavy atom. The number of imidazole rings is 1. The Hall–Kier alpha value is -1.21. The molecule has 3 unspecified atom stereocenters. The van der Waals surface area contributed by atoms with E-state index in [0.717, 1.165) is 23.8 Å². The van der Waals surface area contributed by atoms with Crippen molar-refractivity contribution in [3.05, 3.63) is 29.9 Å². The first-order valence-electron chi connectivity index (χ1n) is 7.72. The van der Waals surface area contributed by atoms with E-state index in [-0.39, 0.29) is 12.2 Å². The van der Waals surface area contributed by atoms with Crippen molar-refractivity contribution in [3.63, 3.8) is 0 Å². The number of aliphatic hydroxyl groups is 1. The Morgan fingerprint density at radius 1 is 1.36 bits per heavy atom. The largest absolute Gasteiger partial charge is 0.390 e. The fraction of sp³-hybridized carbons (Fsp3) is 0.562. The number of nitrogens with zero attached hydrogens (tertiary/aromatic N) is 3. The minimum absolute atomic E-state index is 0.228. The lowest BCUT2D eigenvalue weighted by Crippen LogP contribution is -2.48. The summed E-state index contributed by atoms with van der Waals surface area (Å²) in [6.07, 6.45) is 3.77. The van der Waals surface area contributed by atoms with Gasteiger partial charge in [0.2, 0.25) is 0 Å². The molecule has 120 valence electrons. The van der Waals surface area contributed by atoms with Crippen LogP contribution in [0.25, 0.3) is 10.7 Å². The highest BCUT2D eigenvalue weighted by molar-refractivity contribution is 7.13. The number of aliphatic hydroxyl groups excluding tert-OH is 1. The van der Waals surface area contributed by atoms with E-state index in [2.05, 4.69) is 29.8 Å². The van der Waals surface area contributed by atoms with E-state index >= 15 is 0 Å². The predicted octanol–water partition coefficient (Wildman–Crippen LogP) is 2.08. The van der Waals surface area contributed by atoms with Crippen LogP contribution in [0.5, 0.6) is 0 Å². The molecule has 0 radical (unpaired) electrons. The molecular weight excluding hydrogens is 298 g/mol. The second-order valence-electron chi connectivity index (χ2n) is 6.01. The number of ether oxygens (including phenoxy) is 1. The van der Waals surface area contributed by atoms with Gasteiger partial charge in [0.25, 0.3) is 0 Å². The lowest BCUT2D eigenvalue weighted by atomic mass is 10.2. The molecule has 1 aliphatic heterocycles. The summed E-state index contributed by atoms with van der Waals surface area (Å²) >= 11 is 1.67. The number of β-amino-alcohol motifs (C(OH)–C–C–N with tert-alkyl or cyclic N) is 1. The van der Waals surface area contributed by atoms with Gasteiger partial charge in [-0.2, -0.15) is 0 Å². The van der Waals surface area contributed by atoms with Gasteiger partial charge in [-0.3, -0.25) is 4.90 Å². The normalized spacial score (nSPS) is 24.5. The second kappa shape index (κ2) is 6.91. The van der Waals surface area contributed by atoms with Gasteiger partial charge in [0, 0.05) is 32.0 Å². The van der Waals surface area contributed by atoms with E-state index in [1.807, 2.05) is 22.2 Å². The Morgan fingerprint density at radius 3 is 2.82 bits per heavy atom. The standard InChI is InChI=1S/C16H23N3O2S/c1-12-8-18(9-13(2)21-12)10-14(20)11-19-6-5-17-16(19)15-4-3-7-22-15/h3-7,12-14,20H,8-11H2,1-2H3. The summed E-state index contributed by atoms with van der Waals surface area (Å²) in [6, 6.07) is 4.08. The van der Waals surface area contributed by atoms with E-state index in [4.69, 9.17) is 4.74 Å². The topological polar surface area (TPSA) is 50.5 Å². The van der Waals surface area contributed by atoms with Crippen molar-refractivity contribution >= 4 is 11.3 Å². The first-order valence-corrected chi connectivity index (χ1v) is 8.60. The average molecular weight is 321 g/mol. The highest BCUT2D eigenvalue weighted by atomic mass is 32.1. The van der Waals surface area contributed by atoms with Crippen LogP contribution in [-0.2, 0) is 11.3 Å². The number of hydrogen-bond acceptors (Lipinski definition) is 5. The van der Waals surface area contributed by atoms with E-state index in [9.17, 15) is 5.11 Å². The van der Waals surface area contributed by atoms with Gasteiger partial charge in [0.05, 0.1) is 29.7 Å². The minimum atomic E-state index is -0.412. The highest BCUT2D eigenvalue weighted by Crippen LogP contribution is 2.23. The molecule has 0 spiro atoms. The molecule has 0 saturated carbocycles. The van der Waals surface area contributed by atoms with Gasteiger partial charge in [-0.25, -0.2) is 4.98 Å². The third-order valence-electron chi connectivity index (χ3n) is 3.83. The summed E-state index contributed by atoms with van der Waals surface area (Å²) in [5, 5.41) is 12.5. The van der Waals surface area contributed by atoms with Crippen molar-refractivity contribution in [3.8, 4) is 10.7 Å². The maximum Gasteiger partial charge on any atom is 0.150 e. The fourth-order valence-electron chi connectivity index (χ4n) is 3.10. The summed E-state index contributed by atoms with van der Waals surface area (Å²) < 4.78 is 7.77. The summed E-state index contributed by atoms with van der Waals surface area (Å²) in [4.78, 5) is 7.82. The maximum atomic E-state index is 10.4. The molecule has 0 bridgehead atoms. The van der Waals surface area contributed by atoms with E-state index < -0.39 is 6.10 Å². The summed E-state index contributed by atoms with van der Waals surface area (Å²) in [6.45, 7) is 7.15. The van der Waals surface area contributed by atoms with Crippen LogP contribution in [0.4, 0.5) is 0 Å². The Labute approximate surface area is 135 Å². The molecule has 5 nitrogen and oxygen atoms in total. The molecule has 22 heavy (non-hydrogen) atoms. The van der Waals surface area contributed by atoms with Crippen molar-refractivity contribution in [2.24, 2.45) is 0 Å². The lowest BCUT2D eigenvalue weighted by molar-refractivity contribution is -0.0772. The van der Waals surface area contributed by atoms with Gasteiger partial charge in [-0.05, 0) is 25.3 Å². The number of thiophene rings is 1. The van der Waals surface area contributed by atoms with Crippen molar-refractivity contribution in [2.75, 3.05) is 19.6 Å². The molecule has 0 amide bonds. The Kier molecular flexibility index (Phi) is 4.93. The van der Waals surface area contributed by atoms with Crippen LogP contribution < -0.4 is 0 Å². The van der Waals surface area contributed by atoms with Crippen molar-refractivity contribution in [2.45, 2.75) is 38.7 Å². The van der Waals surface area contributed by atoms with Crippen molar-refractivity contribution in [1.82, 2.24) is 14.5 Å². The maximum absolute atomic E-state index is 10.4. The molecule has 3 atom stereocenters. The minimum Gasteiger partial charge on any atom is -0.390 e. The van der Waals surface area contributed by atoms with E-state index in [0.29, 0.717) is 13.1 Å². The molecule has 2 aromatic rings. The molecular formula is C16H23N3O2S. The Balaban J connectivity index is 1.60. The quantitative estimate of drug-likeness (QED) is 0.916. The molecule has 1 N–H and O–H groups in total. The molecule has 1 saturated heterocycles. The molecule has 1 aliphatic rings. The zero-order valence-electron chi connectivity index (χ0n) is 13.1. The van der Waals surface area contributed by atoms with Crippen LogP contribution >= 0.6 is 11.3 Å². The fourth-order valence-corrected chi connectivity index (χ4v) is 3.84. The van der Waals surface area contributed by atoms with Crippen LogP contribution in [-0.4, -0.2) is 57.5 Å². The zero-order chi connectivity index (χ0) is 15.5.